The molecule has 4 heterocycles. The fraction of sp³-hybridized carbons (Fsp3) is 0.529. The van der Waals surface area contributed by atoms with E-state index in [1.54, 1.807) is 12.4 Å². The molecule has 3 atom stereocenters. The lowest BCUT2D eigenvalue weighted by molar-refractivity contribution is -0.0472. The molecular weight excluding hydrogens is 292 g/mol. The first-order valence-electron chi connectivity index (χ1n) is 8.19. The summed E-state index contributed by atoms with van der Waals surface area (Å²) < 4.78 is 14.1. The largest absolute Gasteiger partial charge is 0.485 e. The van der Waals surface area contributed by atoms with Gasteiger partial charge in [-0.1, -0.05) is 0 Å². The zero-order valence-corrected chi connectivity index (χ0v) is 13.3. The van der Waals surface area contributed by atoms with E-state index < -0.39 is 0 Å². The molecule has 2 saturated heterocycles. The summed E-state index contributed by atoms with van der Waals surface area (Å²) in [6, 6.07) is 4.27. The van der Waals surface area contributed by atoms with Crippen LogP contribution in [-0.2, 0) is 18.3 Å². The highest BCUT2D eigenvalue weighted by Crippen LogP contribution is 2.32. The van der Waals surface area contributed by atoms with Gasteiger partial charge in [0.1, 0.15) is 18.0 Å². The Morgan fingerprint density at radius 1 is 1.39 bits per heavy atom. The first kappa shape index (κ1) is 14.7. The van der Waals surface area contributed by atoms with Gasteiger partial charge in [-0.15, -0.1) is 0 Å². The van der Waals surface area contributed by atoms with E-state index >= 15 is 0 Å². The van der Waals surface area contributed by atoms with Crippen LogP contribution in [0.5, 0.6) is 5.75 Å². The van der Waals surface area contributed by atoms with Crippen LogP contribution >= 0.6 is 0 Å². The van der Waals surface area contributed by atoms with Crippen LogP contribution in [0.15, 0.2) is 36.9 Å². The SMILES string of the molecule is Cn1cc(CN2C[C@@H](Oc3cccnc3)[C@@H]3OCCC[C@@H]32)cn1. The molecule has 2 aliphatic rings. The van der Waals surface area contributed by atoms with Crippen LogP contribution in [0.25, 0.3) is 0 Å². The number of pyridine rings is 1. The summed E-state index contributed by atoms with van der Waals surface area (Å²) in [6.07, 6.45) is 10.0. The molecule has 122 valence electrons. The molecule has 2 aliphatic heterocycles. The Labute approximate surface area is 136 Å². The van der Waals surface area contributed by atoms with Crippen LogP contribution < -0.4 is 4.74 Å². The summed E-state index contributed by atoms with van der Waals surface area (Å²) in [5.41, 5.74) is 1.24. The van der Waals surface area contributed by atoms with E-state index in [1.807, 2.05) is 30.1 Å². The Morgan fingerprint density at radius 2 is 2.35 bits per heavy atom. The fourth-order valence-corrected chi connectivity index (χ4v) is 3.67. The average Bonchev–Trinajstić information content (AvgIpc) is 3.14. The lowest BCUT2D eigenvalue weighted by Crippen LogP contribution is -2.42. The minimum absolute atomic E-state index is 0.0566. The second kappa shape index (κ2) is 6.29. The van der Waals surface area contributed by atoms with Crippen molar-refractivity contribution in [1.82, 2.24) is 19.7 Å². The van der Waals surface area contributed by atoms with Gasteiger partial charge in [0.25, 0.3) is 0 Å². The molecule has 0 bridgehead atoms. The van der Waals surface area contributed by atoms with Crippen molar-refractivity contribution in [2.75, 3.05) is 13.2 Å². The number of ether oxygens (including phenoxy) is 2. The maximum atomic E-state index is 6.17. The number of fused-ring (bicyclic) bond motifs is 1. The van der Waals surface area contributed by atoms with Crippen molar-refractivity contribution in [1.29, 1.82) is 0 Å². The lowest BCUT2D eigenvalue weighted by Gasteiger charge is -2.32. The molecular formula is C17H22N4O2. The van der Waals surface area contributed by atoms with Crippen molar-refractivity contribution in [3.63, 3.8) is 0 Å². The van der Waals surface area contributed by atoms with Crippen LogP contribution in [0, 0.1) is 0 Å². The van der Waals surface area contributed by atoms with E-state index in [9.17, 15) is 0 Å². The molecule has 2 aromatic rings. The Morgan fingerprint density at radius 3 is 3.13 bits per heavy atom. The molecule has 2 fully saturated rings. The highest BCUT2D eigenvalue weighted by Gasteiger charge is 2.45. The summed E-state index contributed by atoms with van der Waals surface area (Å²) >= 11 is 0. The molecule has 4 rings (SSSR count). The van der Waals surface area contributed by atoms with Crippen LogP contribution in [0.1, 0.15) is 18.4 Å². The molecule has 6 heteroatoms. The van der Waals surface area contributed by atoms with Gasteiger partial charge >= 0.3 is 0 Å². The molecule has 23 heavy (non-hydrogen) atoms. The highest BCUT2D eigenvalue weighted by molar-refractivity contribution is 5.17. The highest BCUT2D eigenvalue weighted by atomic mass is 16.5. The molecule has 2 aromatic heterocycles. The fourth-order valence-electron chi connectivity index (χ4n) is 3.67. The Balaban J connectivity index is 1.49. The Bertz CT molecular complexity index is 645. The number of aryl methyl sites for hydroxylation is 1. The minimum atomic E-state index is 0.0566. The van der Waals surface area contributed by atoms with Gasteiger partial charge < -0.3 is 9.47 Å². The van der Waals surface area contributed by atoms with Gasteiger partial charge in [0.05, 0.1) is 12.4 Å². The van der Waals surface area contributed by atoms with E-state index in [2.05, 4.69) is 21.2 Å². The number of likely N-dealkylation sites (tertiary alicyclic amines) is 1. The molecule has 0 amide bonds. The van der Waals surface area contributed by atoms with E-state index in [0.29, 0.717) is 6.04 Å². The lowest BCUT2D eigenvalue weighted by atomic mass is 10.0. The normalized spacial score (nSPS) is 27.8. The van der Waals surface area contributed by atoms with Crippen molar-refractivity contribution >= 4 is 0 Å². The molecule has 0 radical (unpaired) electrons. The van der Waals surface area contributed by atoms with Gasteiger partial charge in [-0.25, -0.2) is 0 Å². The number of nitrogens with zero attached hydrogens (tertiary/aromatic N) is 4. The topological polar surface area (TPSA) is 52.4 Å². The van der Waals surface area contributed by atoms with Crippen LogP contribution in [0.3, 0.4) is 0 Å². The second-order valence-electron chi connectivity index (χ2n) is 6.34. The number of aromatic nitrogens is 3. The molecule has 0 N–H and O–H groups in total. The quantitative estimate of drug-likeness (QED) is 0.858. The molecule has 0 saturated carbocycles. The van der Waals surface area contributed by atoms with Crippen molar-refractivity contribution in [3.05, 3.63) is 42.5 Å². The van der Waals surface area contributed by atoms with Crippen molar-refractivity contribution in [2.45, 2.75) is 37.6 Å². The molecule has 6 nitrogen and oxygen atoms in total. The summed E-state index contributed by atoms with van der Waals surface area (Å²) in [6.45, 7) is 2.60. The van der Waals surface area contributed by atoms with Crippen molar-refractivity contribution in [3.8, 4) is 5.75 Å². The van der Waals surface area contributed by atoms with E-state index in [1.165, 1.54) is 5.56 Å². The second-order valence-corrected chi connectivity index (χ2v) is 6.34. The van der Waals surface area contributed by atoms with Gasteiger partial charge in [0, 0.05) is 50.7 Å². The van der Waals surface area contributed by atoms with Gasteiger partial charge in [0.2, 0.25) is 0 Å². The van der Waals surface area contributed by atoms with Gasteiger partial charge in [-0.2, -0.15) is 5.10 Å². The summed E-state index contributed by atoms with van der Waals surface area (Å²) in [4.78, 5) is 6.60. The predicted molar refractivity (Wildman–Crippen MR) is 85.0 cm³/mol. The number of hydrogen-bond acceptors (Lipinski definition) is 5. The zero-order valence-electron chi connectivity index (χ0n) is 13.3. The smallest absolute Gasteiger partial charge is 0.139 e. The third kappa shape index (κ3) is 3.09. The Kier molecular flexibility index (Phi) is 4.01. The first-order chi connectivity index (χ1) is 11.3. The first-order valence-corrected chi connectivity index (χ1v) is 8.19. The monoisotopic (exact) mass is 314 g/mol. The zero-order chi connectivity index (χ0) is 15.6. The third-order valence-electron chi connectivity index (χ3n) is 4.65. The van der Waals surface area contributed by atoms with Crippen molar-refractivity contribution in [2.24, 2.45) is 7.05 Å². The van der Waals surface area contributed by atoms with Gasteiger partial charge in [-0.3, -0.25) is 14.6 Å². The Hall–Kier alpha value is -1.92. The molecule has 0 unspecified atom stereocenters. The molecule has 0 aromatic carbocycles. The standard InChI is InChI=1S/C17H22N4O2/c1-20-10-13(8-19-20)11-21-12-16(17-15(21)5-3-7-22-17)23-14-4-2-6-18-9-14/h2,4,6,8-10,15-17H,3,5,7,11-12H2,1H3/t15-,16+,17+/m0/s1. The maximum absolute atomic E-state index is 6.17. The summed E-state index contributed by atoms with van der Waals surface area (Å²) in [5, 5.41) is 4.27. The van der Waals surface area contributed by atoms with Crippen LogP contribution in [0.4, 0.5) is 0 Å². The average molecular weight is 314 g/mol. The minimum Gasteiger partial charge on any atom is -0.485 e. The van der Waals surface area contributed by atoms with E-state index in [-0.39, 0.29) is 12.2 Å². The van der Waals surface area contributed by atoms with E-state index in [4.69, 9.17) is 9.47 Å². The third-order valence-corrected chi connectivity index (χ3v) is 4.65. The molecule has 0 aliphatic carbocycles. The van der Waals surface area contributed by atoms with Gasteiger partial charge in [-0.05, 0) is 25.0 Å². The predicted octanol–water partition coefficient (Wildman–Crippen LogP) is 1.63. The molecule has 0 spiro atoms. The van der Waals surface area contributed by atoms with Crippen LogP contribution in [0.2, 0.25) is 0 Å². The number of rotatable bonds is 4. The number of hydrogen-bond donors (Lipinski definition) is 0. The van der Waals surface area contributed by atoms with Crippen molar-refractivity contribution < 1.29 is 9.47 Å². The summed E-state index contributed by atoms with van der Waals surface area (Å²) in [7, 11) is 1.95. The van der Waals surface area contributed by atoms with Crippen LogP contribution in [-0.4, -0.2) is 51.1 Å². The van der Waals surface area contributed by atoms with E-state index in [0.717, 1.165) is 38.3 Å². The van der Waals surface area contributed by atoms with Gasteiger partial charge in [0.15, 0.2) is 0 Å². The summed E-state index contributed by atoms with van der Waals surface area (Å²) in [5.74, 6) is 0.814. The maximum Gasteiger partial charge on any atom is 0.139 e.